The molecule has 3 fully saturated rings. The second-order valence-corrected chi connectivity index (χ2v) is 31.7. The fraction of sp³-hybridized carbons (Fsp3) is 0.942. The van der Waals surface area contributed by atoms with Crippen molar-refractivity contribution in [2.45, 2.75) is 491 Å². The number of hydrogen-bond donors (Lipinski definition) is 12. The van der Waals surface area contributed by atoms with Crippen LogP contribution < -0.4 is 5.32 Å². The molecule has 0 spiro atoms. The van der Waals surface area contributed by atoms with Crippen molar-refractivity contribution < 1.29 is 89.4 Å². The number of amides is 1. The second-order valence-electron chi connectivity index (χ2n) is 31.7. The van der Waals surface area contributed by atoms with Crippen LogP contribution in [0.4, 0.5) is 0 Å². The maximum atomic E-state index is 13.5. The van der Waals surface area contributed by atoms with Crippen LogP contribution in [0.1, 0.15) is 386 Å². The van der Waals surface area contributed by atoms with Gasteiger partial charge in [-0.2, -0.15) is 0 Å². The number of carbonyl (C=O) groups is 1. The lowest BCUT2D eigenvalue weighted by atomic mass is 9.96. The SMILES string of the molecule is CCCCCCCCCC/C=C\CCCCCCCCCCCCCCCCCCCCCCCCCC(=O)NC(COC1OC(CO)C(OC2OC(CO)C(OC3OC(CO)C(O)C(O)C3O)C(O)C2O)C(O)C1O)C(O)/C=C/CCCCCCCCCCCCCCCCCCCCCCCCC. The quantitative estimate of drug-likeness (QED) is 0.0199. The highest BCUT2D eigenvalue weighted by molar-refractivity contribution is 5.76. The van der Waals surface area contributed by atoms with Crippen LogP contribution >= 0.6 is 0 Å². The zero-order valence-electron chi connectivity index (χ0n) is 66.7. The summed E-state index contributed by atoms with van der Waals surface area (Å²) in [4.78, 5) is 13.5. The minimum Gasteiger partial charge on any atom is -0.394 e. The molecule has 0 radical (unpaired) electrons. The minimum atomic E-state index is -1.98. The predicted octanol–water partition coefficient (Wildman–Crippen LogP) is 16.1. The van der Waals surface area contributed by atoms with Gasteiger partial charge in [-0.3, -0.25) is 4.79 Å². The maximum absolute atomic E-state index is 13.5. The number of allylic oxidation sites excluding steroid dienone is 3. The van der Waals surface area contributed by atoms with Crippen LogP contribution in [0, 0.1) is 0 Å². The molecule has 3 aliphatic rings. The molecule has 19 heteroatoms. The van der Waals surface area contributed by atoms with Crippen molar-refractivity contribution in [2.75, 3.05) is 26.4 Å². The molecule has 105 heavy (non-hydrogen) atoms. The number of aliphatic hydroxyl groups excluding tert-OH is 11. The Hall–Kier alpha value is -1.73. The van der Waals surface area contributed by atoms with Gasteiger partial charge in [0.05, 0.1) is 38.6 Å². The van der Waals surface area contributed by atoms with E-state index in [1.165, 1.54) is 315 Å². The Bertz CT molecular complexity index is 1990. The fourth-order valence-electron chi connectivity index (χ4n) is 15.2. The fourth-order valence-corrected chi connectivity index (χ4v) is 15.2. The number of ether oxygens (including phenoxy) is 6. The minimum absolute atomic E-state index is 0.249. The third-order valence-corrected chi connectivity index (χ3v) is 22.2. The average molecular weight is 1500 g/mol. The Morgan fingerprint density at radius 3 is 0.924 bits per heavy atom. The molecule has 17 atom stereocenters. The summed E-state index contributed by atoms with van der Waals surface area (Å²) in [5.41, 5.74) is 0. The standard InChI is InChI=1S/C86H163NO18/c1-3-5-7-9-11-13-15-17-19-21-23-25-27-29-30-31-32-33-34-35-36-37-38-40-42-44-46-48-50-52-54-56-58-60-62-64-74(92)87-69(70(91)63-61-59-57-55-53-51-49-47-45-43-41-39-28-26-24-22-20-18-16-14-12-10-8-6-4-2)68-100-84-80(98)77(95)82(72(66-89)102-84)105-86-81(99)78(96)83(73(67-90)103-86)104-85-79(97)76(94)75(93)71(65-88)101-85/h21,23,61,63,69-73,75-86,88-91,93-99H,3-20,22,24-60,62,64-68H2,1-2H3,(H,87,92)/b23-21-,63-61+. The highest BCUT2D eigenvalue weighted by Gasteiger charge is 2.54. The number of unbranched alkanes of at least 4 members (excludes halogenated alkanes) is 54. The first-order chi connectivity index (χ1) is 51.3. The Kier molecular flexibility index (Phi) is 62.0. The van der Waals surface area contributed by atoms with Crippen LogP contribution in [0.2, 0.25) is 0 Å². The van der Waals surface area contributed by atoms with Crippen LogP contribution in [0.3, 0.4) is 0 Å². The molecule has 620 valence electrons. The van der Waals surface area contributed by atoms with E-state index in [0.29, 0.717) is 6.42 Å². The number of carbonyl (C=O) groups excluding carboxylic acids is 1. The van der Waals surface area contributed by atoms with Crippen molar-refractivity contribution in [2.24, 2.45) is 0 Å². The maximum Gasteiger partial charge on any atom is 0.220 e. The number of aliphatic hydroxyl groups is 11. The number of rotatable bonds is 72. The van der Waals surface area contributed by atoms with E-state index in [0.717, 1.165) is 44.9 Å². The van der Waals surface area contributed by atoms with Gasteiger partial charge in [0.1, 0.15) is 73.2 Å². The van der Waals surface area contributed by atoms with Crippen molar-refractivity contribution in [3.05, 3.63) is 24.3 Å². The first kappa shape index (κ1) is 97.5. The van der Waals surface area contributed by atoms with Crippen LogP contribution in [-0.2, 0) is 33.2 Å². The molecule has 17 unspecified atom stereocenters. The molecule has 0 aromatic heterocycles. The first-order valence-electron chi connectivity index (χ1n) is 44.1. The second kappa shape index (κ2) is 66.8. The first-order valence-corrected chi connectivity index (χ1v) is 44.1. The number of nitrogens with one attached hydrogen (secondary N) is 1. The normalized spacial score (nSPS) is 25.8. The van der Waals surface area contributed by atoms with E-state index < -0.39 is 124 Å². The molecule has 0 bridgehead atoms. The summed E-state index contributed by atoms with van der Waals surface area (Å²) in [6.07, 6.45) is 56.1. The summed E-state index contributed by atoms with van der Waals surface area (Å²) in [5.74, 6) is -0.266. The van der Waals surface area contributed by atoms with Crippen molar-refractivity contribution >= 4 is 5.91 Å². The van der Waals surface area contributed by atoms with Gasteiger partial charge in [-0.05, 0) is 44.9 Å². The molecule has 3 saturated heterocycles. The van der Waals surface area contributed by atoms with E-state index in [9.17, 15) is 61.0 Å². The molecule has 0 aromatic carbocycles. The summed E-state index contributed by atoms with van der Waals surface area (Å²) in [6.45, 7) is 1.81. The molecule has 12 N–H and O–H groups in total. The lowest BCUT2D eigenvalue weighted by Gasteiger charge is -2.48. The van der Waals surface area contributed by atoms with Gasteiger partial charge in [0.25, 0.3) is 0 Å². The average Bonchev–Trinajstić information content (AvgIpc) is 0.781. The Morgan fingerprint density at radius 1 is 0.333 bits per heavy atom. The summed E-state index contributed by atoms with van der Waals surface area (Å²) < 4.78 is 34.5. The monoisotopic (exact) mass is 1500 g/mol. The third-order valence-electron chi connectivity index (χ3n) is 22.2. The van der Waals surface area contributed by atoms with Crippen LogP contribution in [0.5, 0.6) is 0 Å². The van der Waals surface area contributed by atoms with Crippen molar-refractivity contribution in [3.8, 4) is 0 Å². The Balaban J connectivity index is 1.33. The molecule has 1 amide bonds. The van der Waals surface area contributed by atoms with Crippen molar-refractivity contribution in [1.29, 1.82) is 0 Å². The zero-order valence-corrected chi connectivity index (χ0v) is 66.7. The molecule has 3 aliphatic heterocycles. The van der Waals surface area contributed by atoms with Gasteiger partial charge in [0, 0.05) is 6.42 Å². The summed E-state index contributed by atoms with van der Waals surface area (Å²) >= 11 is 0. The summed E-state index contributed by atoms with van der Waals surface area (Å²) in [6, 6.07) is -0.972. The molecule has 19 nitrogen and oxygen atoms in total. The summed E-state index contributed by atoms with van der Waals surface area (Å²) in [5, 5.41) is 121. The van der Waals surface area contributed by atoms with E-state index in [-0.39, 0.29) is 18.9 Å². The lowest BCUT2D eigenvalue weighted by molar-refractivity contribution is -0.379. The molecular weight excluding hydrogens is 1330 g/mol. The van der Waals surface area contributed by atoms with E-state index in [2.05, 4.69) is 31.3 Å². The molecule has 3 heterocycles. The number of hydrogen-bond acceptors (Lipinski definition) is 18. The molecule has 0 aliphatic carbocycles. The van der Waals surface area contributed by atoms with E-state index in [1.807, 2.05) is 6.08 Å². The predicted molar refractivity (Wildman–Crippen MR) is 420 cm³/mol. The van der Waals surface area contributed by atoms with Crippen LogP contribution in [0.25, 0.3) is 0 Å². The van der Waals surface area contributed by atoms with E-state index in [4.69, 9.17) is 28.4 Å². The lowest BCUT2D eigenvalue weighted by Crippen LogP contribution is -2.66. The van der Waals surface area contributed by atoms with Gasteiger partial charge in [0.2, 0.25) is 5.91 Å². The zero-order chi connectivity index (χ0) is 76.0. The smallest absolute Gasteiger partial charge is 0.220 e. The largest absolute Gasteiger partial charge is 0.394 e. The van der Waals surface area contributed by atoms with Gasteiger partial charge >= 0.3 is 0 Å². The third kappa shape index (κ3) is 46.1. The van der Waals surface area contributed by atoms with Gasteiger partial charge in [0.15, 0.2) is 18.9 Å². The Labute approximate surface area is 638 Å². The van der Waals surface area contributed by atoms with E-state index in [1.54, 1.807) is 6.08 Å². The highest BCUT2D eigenvalue weighted by Crippen LogP contribution is 2.34. The molecule has 0 aromatic rings. The topological polar surface area (TPSA) is 307 Å². The van der Waals surface area contributed by atoms with Crippen molar-refractivity contribution in [1.82, 2.24) is 5.32 Å². The van der Waals surface area contributed by atoms with Gasteiger partial charge < -0.3 is 89.9 Å². The highest BCUT2D eigenvalue weighted by atomic mass is 16.8. The summed E-state index contributed by atoms with van der Waals surface area (Å²) in [7, 11) is 0. The Morgan fingerprint density at radius 2 is 0.600 bits per heavy atom. The molecule has 0 saturated carbocycles. The van der Waals surface area contributed by atoms with Gasteiger partial charge in [-0.15, -0.1) is 0 Å². The van der Waals surface area contributed by atoms with Crippen LogP contribution in [0.15, 0.2) is 24.3 Å². The molecule has 3 rings (SSSR count). The van der Waals surface area contributed by atoms with Crippen LogP contribution in [-0.4, -0.2) is 193 Å². The molecular formula is C86H163NO18. The van der Waals surface area contributed by atoms with E-state index >= 15 is 0 Å². The van der Waals surface area contributed by atoms with Gasteiger partial charge in [-0.1, -0.05) is 359 Å². The van der Waals surface area contributed by atoms with Gasteiger partial charge in [-0.25, -0.2) is 0 Å². The van der Waals surface area contributed by atoms with Crippen molar-refractivity contribution in [3.63, 3.8) is 0 Å².